The van der Waals surface area contributed by atoms with E-state index in [-0.39, 0.29) is 17.9 Å². The fourth-order valence-corrected chi connectivity index (χ4v) is 3.58. The van der Waals surface area contributed by atoms with Crippen molar-refractivity contribution in [3.05, 3.63) is 41.7 Å². The molecule has 186 valence electrons. The number of nitrogens with zero attached hydrogens (tertiary/aromatic N) is 4. The largest absolute Gasteiger partial charge is 0.476 e. The minimum absolute atomic E-state index is 0.0478. The fourth-order valence-electron chi connectivity index (χ4n) is 2.74. The first-order valence-electron chi connectivity index (χ1n) is 10.8. The molecule has 10 nitrogen and oxygen atoms in total. The maximum Gasteiger partial charge on any atom is 0.411 e. The standard InChI is InChI=1S/C23H32N4O6S/c1-22(2,3)32-18(28)15-26(21(31)33-23(4,5)6)14-17-19(20(29)30)25-27(24-17)12-13-34-16-10-8-7-9-11-16/h7-11H,12-15H2,1-6H3,(H,29,30). The van der Waals surface area contributed by atoms with Crippen LogP contribution in [0.4, 0.5) is 4.79 Å². The number of rotatable bonds is 9. The number of aromatic nitrogens is 3. The predicted octanol–water partition coefficient (Wildman–Crippen LogP) is 3.85. The molecule has 1 N–H and O–H groups in total. The second-order valence-corrected chi connectivity index (χ2v) is 10.6. The topological polar surface area (TPSA) is 124 Å². The number of aryl methyl sites for hydroxylation is 1. The van der Waals surface area contributed by atoms with Crippen LogP contribution >= 0.6 is 11.8 Å². The molecule has 0 unspecified atom stereocenters. The van der Waals surface area contributed by atoms with E-state index in [1.54, 1.807) is 53.3 Å². The van der Waals surface area contributed by atoms with E-state index in [9.17, 15) is 19.5 Å². The number of thioether (sulfide) groups is 1. The SMILES string of the molecule is CC(C)(C)OC(=O)CN(Cc1nn(CCSc2ccccc2)nc1C(=O)O)C(=O)OC(C)(C)C. The van der Waals surface area contributed by atoms with Crippen LogP contribution in [0.25, 0.3) is 0 Å². The zero-order chi connectivity index (χ0) is 25.5. The van der Waals surface area contributed by atoms with Crippen molar-refractivity contribution in [2.24, 2.45) is 0 Å². The van der Waals surface area contributed by atoms with Gasteiger partial charge in [0.2, 0.25) is 0 Å². The summed E-state index contributed by atoms with van der Waals surface area (Å²) in [5, 5.41) is 17.9. The Morgan fingerprint density at radius 3 is 2.18 bits per heavy atom. The minimum Gasteiger partial charge on any atom is -0.476 e. The van der Waals surface area contributed by atoms with Crippen LogP contribution in [0.5, 0.6) is 0 Å². The van der Waals surface area contributed by atoms with E-state index in [1.165, 1.54) is 4.80 Å². The summed E-state index contributed by atoms with van der Waals surface area (Å²) in [4.78, 5) is 40.4. The van der Waals surface area contributed by atoms with E-state index in [4.69, 9.17) is 9.47 Å². The number of carbonyl (C=O) groups excluding carboxylic acids is 2. The maximum absolute atomic E-state index is 12.8. The third-order valence-electron chi connectivity index (χ3n) is 3.96. The average molecular weight is 493 g/mol. The number of hydrogen-bond acceptors (Lipinski definition) is 8. The summed E-state index contributed by atoms with van der Waals surface area (Å²) in [6.07, 6.45) is -0.788. The Bertz CT molecular complexity index is 995. The predicted molar refractivity (Wildman–Crippen MR) is 127 cm³/mol. The number of carboxylic acids is 1. The number of aromatic carboxylic acids is 1. The molecule has 0 saturated heterocycles. The van der Waals surface area contributed by atoms with Crippen LogP contribution in [-0.4, -0.2) is 66.5 Å². The number of carbonyl (C=O) groups is 3. The quantitative estimate of drug-likeness (QED) is 0.410. The minimum atomic E-state index is -1.28. The molecule has 2 rings (SSSR count). The Kier molecular flexibility index (Phi) is 9.08. The highest BCUT2D eigenvalue weighted by Crippen LogP contribution is 2.18. The number of amides is 1. The summed E-state index contributed by atoms with van der Waals surface area (Å²) in [6, 6.07) is 9.75. The van der Waals surface area contributed by atoms with Crippen molar-refractivity contribution in [1.82, 2.24) is 19.9 Å². The summed E-state index contributed by atoms with van der Waals surface area (Å²) in [5.41, 5.74) is -1.80. The zero-order valence-corrected chi connectivity index (χ0v) is 21.2. The lowest BCUT2D eigenvalue weighted by atomic mass is 10.2. The van der Waals surface area contributed by atoms with Crippen molar-refractivity contribution in [3.63, 3.8) is 0 Å². The zero-order valence-electron chi connectivity index (χ0n) is 20.4. The molecule has 11 heteroatoms. The van der Waals surface area contributed by atoms with E-state index in [1.807, 2.05) is 30.3 Å². The second kappa shape index (κ2) is 11.4. The lowest BCUT2D eigenvalue weighted by Gasteiger charge is -2.27. The monoisotopic (exact) mass is 492 g/mol. The lowest BCUT2D eigenvalue weighted by Crippen LogP contribution is -2.41. The van der Waals surface area contributed by atoms with Crippen LogP contribution < -0.4 is 0 Å². The van der Waals surface area contributed by atoms with Gasteiger partial charge in [-0.3, -0.25) is 9.69 Å². The van der Waals surface area contributed by atoms with Crippen molar-refractivity contribution in [2.75, 3.05) is 12.3 Å². The van der Waals surface area contributed by atoms with Crippen molar-refractivity contribution < 1.29 is 29.0 Å². The molecule has 1 amide bonds. The van der Waals surface area contributed by atoms with E-state index in [0.29, 0.717) is 12.3 Å². The van der Waals surface area contributed by atoms with Gasteiger partial charge in [-0.2, -0.15) is 9.90 Å². The molecule has 0 aliphatic carbocycles. The normalized spacial score (nSPS) is 11.7. The summed E-state index contributed by atoms with van der Waals surface area (Å²) in [5.74, 6) is -1.31. The fraction of sp³-hybridized carbons (Fsp3) is 0.522. The number of esters is 1. The molecule has 34 heavy (non-hydrogen) atoms. The molecule has 0 aliphatic heterocycles. The molecule has 1 aromatic carbocycles. The third kappa shape index (κ3) is 9.42. The van der Waals surface area contributed by atoms with Gasteiger partial charge in [0.25, 0.3) is 0 Å². The average Bonchev–Trinajstić information content (AvgIpc) is 3.08. The van der Waals surface area contributed by atoms with Crippen molar-refractivity contribution in [1.29, 1.82) is 0 Å². The van der Waals surface area contributed by atoms with Crippen molar-refractivity contribution in [2.45, 2.75) is 70.7 Å². The number of carboxylic acid groups (broad SMARTS) is 1. The van der Waals surface area contributed by atoms with Gasteiger partial charge in [0.05, 0.1) is 13.1 Å². The Balaban J connectivity index is 2.19. The van der Waals surface area contributed by atoms with Crippen LogP contribution in [0.3, 0.4) is 0 Å². The summed E-state index contributed by atoms with van der Waals surface area (Å²) >= 11 is 1.58. The maximum atomic E-state index is 12.8. The van der Waals surface area contributed by atoms with Gasteiger partial charge in [0.1, 0.15) is 23.4 Å². The molecule has 1 heterocycles. The molecule has 2 aromatic rings. The van der Waals surface area contributed by atoms with Gasteiger partial charge in [0.15, 0.2) is 5.69 Å². The Morgan fingerprint density at radius 2 is 1.62 bits per heavy atom. The van der Waals surface area contributed by atoms with Gasteiger partial charge < -0.3 is 14.6 Å². The molecule has 1 aromatic heterocycles. The highest BCUT2D eigenvalue weighted by molar-refractivity contribution is 7.99. The third-order valence-corrected chi connectivity index (χ3v) is 4.96. The Hall–Kier alpha value is -3.08. The van der Waals surface area contributed by atoms with Crippen LogP contribution in [0.1, 0.15) is 57.7 Å². The van der Waals surface area contributed by atoms with E-state index < -0.39 is 35.8 Å². The van der Waals surface area contributed by atoms with E-state index in [2.05, 4.69) is 10.2 Å². The van der Waals surface area contributed by atoms with Gasteiger partial charge in [-0.15, -0.1) is 16.9 Å². The molecule has 0 radical (unpaired) electrons. The first kappa shape index (κ1) is 27.2. The van der Waals surface area contributed by atoms with E-state index >= 15 is 0 Å². The van der Waals surface area contributed by atoms with E-state index in [0.717, 1.165) is 9.80 Å². The van der Waals surface area contributed by atoms with Crippen LogP contribution in [0, 0.1) is 0 Å². The lowest BCUT2D eigenvalue weighted by molar-refractivity contribution is -0.156. The van der Waals surface area contributed by atoms with Gasteiger partial charge >= 0.3 is 18.0 Å². The van der Waals surface area contributed by atoms with Gasteiger partial charge in [-0.1, -0.05) is 18.2 Å². The van der Waals surface area contributed by atoms with Gasteiger partial charge in [-0.25, -0.2) is 9.59 Å². The van der Waals surface area contributed by atoms with Crippen molar-refractivity contribution >= 4 is 29.8 Å². The van der Waals surface area contributed by atoms with Gasteiger partial charge in [-0.05, 0) is 53.7 Å². The Labute approximate surface area is 203 Å². The first-order valence-corrected chi connectivity index (χ1v) is 11.8. The molecular formula is C23H32N4O6S. The Morgan fingerprint density at radius 1 is 1.00 bits per heavy atom. The summed E-state index contributed by atoms with van der Waals surface area (Å²) in [6.45, 7) is 9.88. The molecule has 0 atom stereocenters. The highest BCUT2D eigenvalue weighted by atomic mass is 32.2. The molecule has 0 saturated carbocycles. The molecule has 0 aliphatic rings. The summed E-state index contributed by atoms with van der Waals surface area (Å²) in [7, 11) is 0. The smallest absolute Gasteiger partial charge is 0.411 e. The number of benzene rings is 1. The van der Waals surface area contributed by atoms with Gasteiger partial charge in [0, 0.05) is 10.6 Å². The molecular weight excluding hydrogens is 460 g/mol. The summed E-state index contributed by atoms with van der Waals surface area (Å²) < 4.78 is 10.7. The first-order chi connectivity index (χ1) is 15.7. The van der Waals surface area contributed by atoms with Crippen LogP contribution in [0.15, 0.2) is 35.2 Å². The van der Waals surface area contributed by atoms with Crippen LogP contribution in [-0.2, 0) is 27.4 Å². The second-order valence-electron chi connectivity index (χ2n) is 9.48. The molecule has 0 spiro atoms. The number of hydrogen-bond donors (Lipinski definition) is 1. The number of ether oxygens (including phenoxy) is 2. The van der Waals surface area contributed by atoms with Crippen molar-refractivity contribution in [3.8, 4) is 0 Å². The molecule has 0 bridgehead atoms. The highest BCUT2D eigenvalue weighted by Gasteiger charge is 2.29. The molecule has 0 fully saturated rings. The van der Waals surface area contributed by atoms with Crippen LogP contribution in [0.2, 0.25) is 0 Å².